The molecular weight excluding hydrogens is 569 g/mol. The van der Waals surface area contributed by atoms with Crippen molar-refractivity contribution in [1.29, 1.82) is 0 Å². The van der Waals surface area contributed by atoms with E-state index in [0.29, 0.717) is 9.33 Å². The van der Waals surface area contributed by atoms with E-state index in [2.05, 4.69) is 18.2 Å². The third-order valence-corrected chi connectivity index (χ3v) is 9.50. The minimum absolute atomic E-state index is 0.0685. The highest BCUT2D eigenvalue weighted by atomic mass is 35.5. The van der Waals surface area contributed by atoms with E-state index in [1.54, 1.807) is 19.2 Å². The standard InChI is InChI=1S/C34H27ClFN3O2S/c1-19-16-23(20(2)38(19)24-11-15-29(36)28(35)18-24)17-30-33(40)39-32(22-8-12-25(41-3)13-9-22)27-14-10-21-6-4-5-7-26(21)31(27)37-34(39)42-30/h4-9,11-13,15-18,32H,10,14H2,1-3H3/b30-17-/t32-/m0/s1. The summed E-state index contributed by atoms with van der Waals surface area (Å²) in [6.45, 7) is 3.97. The molecule has 0 saturated carbocycles. The zero-order chi connectivity index (χ0) is 29.1. The number of hydrogen-bond acceptors (Lipinski definition) is 4. The van der Waals surface area contributed by atoms with E-state index in [4.69, 9.17) is 21.3 Å². The normalized spacial score (nSPS) is 16.1. The number of ether oxygens (including phenoxy) is 1. The lowest BCUT2D eigenvalue weighted by molar-refractivity contribution is 0.414. The lowest BCUT2D eigenvalue weighted by atomic mass is 9.83. The van der Waals surface area contributed by atoms with E-state index in [-0.39, 0.29) is 16.6 Å². The van der Waals surface area contributed by atoms with Gasteiger partial charge < -0.3 is 9.30 Å². The minimum Gasteiger partial charge on any atom is -0.497 e. The molecule has 3 heterocycles. The summed E-state index contributed by atoms with van der Waals surface area (Å²) in [5.41, 5.74) is 9.06. The maximum atomic E-state index is 14.2. The van der Waals surface area contributed by atoms with Crippen molar-refractivity contribution in [2.45, 2.75) is 32.7 Å². The highest BCUT2D eigenvalue weighted by molar-refractivity contribution is 7.07. The minimum atomic E-state index is -0.457. The molecule has 42 heavy (non-hydrogen) atoms. The molecule has 1 atom stereocenters. The average Bonchev–Trinajstić information content (AvgIpc) is 3.46. The van der Waals surface area contributed by atoms with Crippen molar-refractivity contribution in [3.8, 4) is 11.4 Å². The van der Waals surface area contributed by atoms with Crippen molar-refractivity contribution < 1.29 is 9.13 Å². The first-order valence-corrected chi connectivity index (χ1v) is 14.9. The number of nitrogens with zero attached hydrogens (tertiary/aromatic N) is 3. The molecule has 0 spiro atoms. The van der Waals surface area contributed by atoms with Gasteiger partial charge in [-0.2, -0.15) is 0 Å². The second-order valence-corrected chi connectivity index (χ2v) is 12.1. The highest BCUT2D eigenvalue weighted by Crippen LogP contribution is 2.41. The van der Waals surface area contributed by atoms with Crippen LogP contribution in [0.15, 0.2) is 88.2 Å². The molecule has 7 rings (SSSR count). The van der Waals surface area contributed by atoms with Crippen LogP contribution in [0, 0.1) is 19.7 Å². The van der Waals surface area contributed by atoms with Crippen molar-refractivity contribution in [2.75, 3.05) is 7.11 Å². The number of halogens is 2. The zero-order valence-corrected chi connectivity index (χ0v) is 24.9. The van der Waals surface area contributed by atoms with Gasteiger partial charge in [-0.25, -0.2) is 9.38 Å². The van der Waals surface area contributed by atoms with Crippen LogP contribution in [0.1, 0.15) is 46.1 Å². The summed E-state index contributed by atoms with van der Waals surface area (Å²) >= 11 is 7.50. The predicted octanol–water partition coefficient (Wildman–Crippen LogP) is 6.53. The third kappa shape index (κ3) is 4.27. The maximum absolute atomic E-state index is 14.2. The van der Waals surface area contributed by atoms with Gasteiger partial charge in [0.05, 0.1) is 28.4 Å². The number of hydrogen-bond donors (Lipinski definition) is 0. The number of benzene rings is 3. The number of aryl methyl sites for hydroxylation is 2. The molecular formula is C34H27ClFN3O2S. The molecule has 0 radical (unpaired) electrons. The van der Waals surface area contributed by atoms with E-state index in [9.17, 15) is 9.18 Å². The van der Waals surface area contributed by atoms with Crippen molar-refractivity contribution in [1.82, 2.24) is 9.13 Å². The van der Waals surface area contributed by atoms with Crippen molar-refractivity contribution in [3.63, 3.8) is 0 Å². The van der Waals surface area contributed by atoms with Crippen LogP contribution in [0.5, 0.6) is 5.75 Å². The molecule has 3 aromatic carbocycles. The lowest BCUT2D eigenvalue weighted by Gasteiger charge is -2.30. The number of thiazole rings is 1. The lowest BCUT2D eigenvalue weighted by Crippen LogP contribution is -2.38. The number of allylic oxidation sites excluding steroid dienone is 1. The largest absolute Gasteiger partial charge is 0.497 e. The summed E-state index contributed by atoms with van der Waals surface area (Å²) < 4.78 is 23.7. The molecule has 2 aromatic heterocycles. The summed E-state index contributed by atoms with van der Waals surface area (Å²) in [6.07, 6.45) is 3.67. The average molecular weight is 596 g/mol. The van der Waals surface area contributed by atoms with Crippen LogP contribution in [0.4, 0.5) is 4.39 Å². The summed E-state index contributed by atoms with van der Waals surface area (Å²) in [4.78, 5) is 20.0. The van der Waals surface area contributed by atoms with E-state index < -0.39 is 5.82 Å². The van der Waals surface area contributed by atoms with E-state index in [1.165, 1.54) is 23.0 Å². The summed E-state index contributed by atoms with van der Waals surface area (Å²) in [6, 6.07) is 22.8. The number of rotatable bonds is 4. The Hall–Kier alpha value is -4.20. The number of fused-ring (bicyclic) bond motifs is 3. The number of methoxy groups -OCH3 is 1. The van der Waals surface area contributed by atoms with Crippen LogP contribution in [-0.4, -0.2) is 16.2 Å². The summed E-state index contributed by atoms with van der Waals surface area (Å²) in [7, 11) is 1.65. The molecule has 0 saturated heterocycles. The Balaban J connectivity index is 1.42. The van der Waals surface area contributed by atoms with Crippen molar-refractivity contribution >= 4 is 34.7 Å². The summed E-state index contributed by atoms with van der Waals surface area (Å²) in [5.74, 6) is 0.313. The Morgan fingerprint density at radius 1 is 1.05 bits per heavy atom. The van der Waals surface area contributed by atoms with Crippen molar-refractivity contribution in [2.24, 2.45) is 4.99 Å². The predicted molar refractivity (Wildman–Crippen MR) is 166 cm³/mol. The molecule has 0 bridgehead atoms. The van der Waals surface area contributed by atoms with Crippen molar-refractivity contribution in [3.05, 3.63) is 143 Å². The van der Waals surface area contributed by atoms with E-state index >= 15 is 0 Å². The quantitative estimate of drug-likeness (QED) is 0.237. The molecule has 0 amide bonds. The van der Waals surface area contributed by atoms with E-state index in [1.807, 2.05) is 65.5 Å². The second kappa shape index (κ2) is 10.3. The monoisotopic (exact) mass is 595 g/mol. The molecule has 0 fully saturated rings. The van der Waals surface area contributed by atoms with Gasteiger partial charge >= 0.3 is 0 Å². The molecule has 2 aliphatic rings. The molecule has 210 valence electrons. The molecule has 0 unspecified atom stereocenters. The van der Waals surface area contributed by atoms with Gasteiger partial charge in [-0.3, -0.25) is 9.36 Å². The smallest absolute Gasteiger partial charge is 0.271 e. The number of aromatic nitrogens is 2. The Labute approximate surface area is 251 Å². The Morgan fingerprint density at radius 2 is 1.83 bits per heavy atom. The van der Waals surface area contributed by atoms with Gasteiger partial charge in [-0.15, -0.1) is 0 Å². The van der Waals surface area contributed by atoms with E-state index in [0.717, 1.165) is 63.6 Å². The second-order valence-electron chi connectivity index (χ2n) is 10.6. The van der Waals surface area contributed by atoms with Crippen LogP contribution in [0.2, 0.25) is 5.02 Å². The maximum Gasteiger partial charge on any atom is 0.271 e. The SMILES string of the molecule is COc1ccc([C@H]2C3=C(N=c4s/c(=C\c5cc(C)n(-c6ccc(F)c(Cl)c6)c5C)c(=O)n42)c2ccccc2CC3)cc1. The molecule has 1 aliphatic carbocycles. The van der Waals surface area contributed by atoms with Crippen LogP contribution < -0.4 is 19.6 Å². The molecule has 5 nitrogen and oxygen atoms in total. The first-order chi connectivity index (χ1) is 20.3. The van der Waals surface area contributed by atoms with Gasteiger partial charge in [0.1, 0.15) is 11.6 Å². The highest BCUT2D eigenvalue weighted by Gasteiger charge is 2.32. The Morgan fingerprint density at radius 3 is 2.60 bits per heavy atom. The summed E-state index contributed by atoms with van der Waals surface area (Å²) in [5, 5.41) is 0.0685. The molecule has 5 aromatic rings. The van der Waals surface area contributed by atoms with Gasteiger partial charge in [0.25, 0.3) is 5.56 Å². The van der Waals surface area contributed by atoms with Gasteiger partial charge in [-0.05, 0) is 91.4 Å². The Kier molecular flexibility index (Phi) is 6.52. The van der Waals surface area contributed by atoms with Gasteiger partial charge in [0.15, 0.2) is 4.80 Å². The van der Waals surface area contributed by atoms with Gasteiger partial charge in [0.2, 0.25) is 0 Å². The molecule has 0 N–H and O–H groups in total. The third-order valence-electron chi connectivity index (χ3n) is 8.22. The fraction of sp³-hybridized carbons (Fsp3) is 0.176. The van der Waals surface area contributed by atoms with Crippen LogP contribution in [-0.2, 0) is 6.42 Å². The Bertz CT molecular complexity index is 2100. The fourth-order valence-electron chi connectivity index (χ4n) is 6.21. The molecule has 1 aliphatic heterocycles. The first kappa shape index (κ1) is 26.7. The topological polar surface area (TPSA) is 48.5 Å². The molecule has 8 heteroatoms. The van der Waals surface area contributed by atoms with Gasteiger partial charge in [-0.1, -0.05) is 59.3 Å². The zero-order valence-electron chi connectivity index (χ0n) is 23.3. The fourth-order valence-corrected chi connectivity index (χ4v) is 7.37. The van der Waals surface area contributed by atoms with Crippen LogP contribution in [0.25, 0.3) is 17.5 Å². The first-order valence-electron chi connectivity index (χ1n) is 13.8. The van der Waals surface area contributed by atoms with Gasteiger partial charge in [0, 0.05) is 22.6 Å². The van der Waals surface area contributed by atoms with Crippen LogP contribution in [0.3, 0.4) is 0 Å². The van der Waals surface area contributed by atoms with Crippen LogP contribution >= 0.6 is 22.9 Å².